The van der Waals surface area contributed by atoms with Gasteiger partial charge in [0.25, 0.3) is 5.70 Å². The number of rotatable bonds is 4. The summed E-state index contributed by atoms with van der Waals surface area (Å²) in [6.45, 7) is 8.60. The number of pyridine rings is 1. The molecule has 2 heterocycles. The monoisotopic (exact) mass is 331 g/mol. The number of esters is 1. The van der Waals surface area contributed by atoms with Crippen molar-refractivity contribution in [3.05, 3.63) is 62.4 Å². The highest BCUT2D eigenvalue weighted by Crippen LogP contribution is 2.38. The lowest BCUT2D eigenvalue weighted by Crippen LogP contribution is -2.32. The molecule has 1 aromatic rings. The summed E-state index contributed by atoms with van der Waals surface area (Å²) in [4.78, 5) is 28.1. The Hall–Kier alpha value is -2.70. The molecular formula is C17H21N3O4. The van der Waals surface area contributed by atoms with E-state index >= 15 is 0 Å². The van der Waals surface area contributed by atoms with Crippen molar-refractivity contribution < 1.29 is 14.5 Å². The Balaban J connectivity index is 2.64. The van der Waals surface area contributed by atoms with Crippen LogP contribution in [0, 0.1) is 17.0 Å². The fourth-order valence-corrected chi connectivity index (χ4v) is 2.79. The molecule has 0 fully saturated rings. The SMILES string of the molecule is CC1=C(C(=O)OC(C)C)C(c2cccc(C)n2)C([N+](=O)[O-])=C(C)N1. The van der Waals surface area contributed by atoms with E-state index in [1.165, 1.54) is 0 Å². The van der Waals surface area contributed by atoms with Gasteiger partial charge in [0.2, 0.25) is 0 Å². The minimum Gasteiger partial charge on any atom is -0.460 e. The zero-order valence-electron chi connectivity index (χ0n) is 14.4. The second kappa shape index (κ2) is 6.82. The van der Waals surface area contributed by atoms with Crippen molar-refractivity contribution in [2.45, 2.75) is 46.6 Å². The predicted octanol–water partition coefficient (Wildman–Crippen LogP) is 2.81. The largest absolute Gasteiger partial charge is 0.460 e. The van der Waals surface area contributed by atoms with Crippen LogP contribution in [-0.2, 0) is 9.53 Å². The first kappa shape index (κ1) is 17.7. The fourth-order valence-electron chi connectivity index (χ4n) is 2.79. The molecule has 1 unspecified atom stereocenters. The van der Waals surface area contributed by atoms with Gasteiger partial charge in [-0.05, 0) is 46.8 Å². The fraction of sp³-hybridized carbons (Fsp3) is 0.412. The van der Waals surface area contributed by atoms with E-state index in [2.05, 4.69) is 10.3 Å². The van der Waals surface area contributed by atoms with Crippen molar-refractivity contribution in [1.82, 2.24) is 10.3 Å². The molecule has 1 aromatic heterocycles. The standard InChI is InChI=1S/C17H21N3O4/c1-9(2)24-17(21)14-11(4)19-12(5)16(20(22)23)15(14)13-8-6-7-10(3)18-13/h6-9,15,19H,1-5H3. The number of hydrogen-bond acceptors (Lipinski definition) is 6. The molecule has 0 bridgehead atoms. The first-order valence-electron chi connectivity index (χ1n) is 7.69. The average Bonchev–Trinajstić information content (AvgIpc) is 2.44. The van der Waals surface area contributed by atoms with E-state index in [0.717, 1.165) is 5.69 Å². The van der Waals surface area contributed by atoms with Crippen LogP contribution in [0.4, 0.5) is 0 Å². The second-order valence-corrected chi connectivity index (χ2v) is 6.02. The van der Waals surface area contributed by atoms with Crippen LogP contribution in [-0.4, -0.2) is 22.0 Å². The van der Waals surface area contributed by atoms with E-state index in [-0.39, 0.29) is 17.4 Å². The molecule has 7 heteroatoms. The Morgan fingerprint density at radius 3 is 2.50 bits per heavy atom. The van der Waals surface area contributed by atoms with Gasteiger partial charge in [-0.15, -0.1) is 0 Å². The number of aromatic nitrogens is 1. The Kier molecular flexibility index (Phi) is 5.02. The van der Waals surface area contributed by atoms with Crippen molar-refractivity contribution in [3.63, 3.8) is 0 Å². The molecule has 0 amide bonds. The van der Waals surface area contributed by atoms with Gasteiger partial charge in [0.15, 0.2) is 0 Å². The molecule has 1 atom stereocenters. The second-order valence-electron chi connectivity index (χ2n) is 6.02. The zero-order chi connectivity index (χ0) is 18.0. The molecule has 2 rings (SSSR count). The van der Waals surface area contributed by atoms with Crippen LogP contribution in [0.1, 0.15) is 45.0 Å². The van der Waals surface area contributed by atoms with Crippen molar-refractivity contribution in [3.8, 4) is 0 Å². The Labute approximate surface area is 140 Å². The van der Waals surface area contributed by atoms with Crippen molar-refractivity contribution >= 4 is 5.97 Å². The van der Waals surface area contributed by atoms with Crippen LogP contribution in [0.15, 0.2) is 40.9 Å². The first-order valence-corrected chi connectivity index (χ1v) is 7.69. The lowest BCUT2D eigenvalue weighted by atomic mass is 9.86. The zero-order valence-corrected chi connectivity index (χ0v) is 14.4. The highest BCUT2D eigenvalue weighted by molar-refractivity contribution is 5.92. The van der Waals surface area contributed by atoms with Gasteiger partial charge in [0, 0.05) is 11.4 Å². The number of nitrogens with zero attached hydrogens (tertiary/aromatic N) is 2. The third-order valence-corrected chi connectivity index (χ3v) is 3.69. The predicted molar refractivity (Wildman–Crippen MR) is 88.5 cm³/mol. The van der Waals surface area contributed by atoms with E-state index in [1.54, 1.807) is 52.8 Å². The number of ether oxygens (including phenoxy) is 1. The molecule has 0 saturated carbocycles. The van der Waals surface area contributed by atoms with E-state index in [9.17, 15) is 14.9 Å². The number of carbonyl (C=O) groups is 1. The number of hydrogen-bond donors (Lipinski definition) is 1. The maximum atomic E-state index is 12.6. The first-order chi connectivity index (χ1) is 11.2. The van der Waals surface area contributed by atoms with E-state index in [4.69, 9.17) is 4.74 Å². The molecule has 1 aliphatic rings. The molecule has 7 nitrogen and oxygen atoms in total. The van der Waals surface area contributed by atoms with Crippen LogP contribution in [0.2, 0.25) is 0 Å². The summed E-state index contributed by atoms with van der Waals surface area (Å²) in [6.07, 6.45) is -0.324. The number of allylic oxidation sites excluding steroid dienone is 3. The molecule has 0 spiro atoms. The number of nitro groups is 1. The summed E-state index contributed by atoms with van der Waals surface area (Å²) < 4.78 is 5.30. The summed E-state index contributed by atoms with van der Waals surface area (Å²) in [7, 11) is 0. The molecule has 128 valence electrons. The maximum Gasteiger partial charge on any atom is 0.337 e. The Morgan fingerprint density at radius 1 is 1.29 bits per heavy atom. The lowest BCUT2D eigenvalue weighted by molar-refractivity contribution is -0.431. The topological polar surface area (TPSA) is 94.4 Å². The van der Waals surface area contributed by atoms with Gasteiger partial charge < -0.3 is 10.1 Å². The lowest BCUT2D eigenvalue weighted by Gasteiger charge is -2.26. The smallest absolute Gasteiger partial charge is 0.337 e. The normalized spacial score (nSPS) is 17.8. The van der Waals surface area contributed by atoms with Gasteiger partial charge in [0.1, 0.15) is 5.92 Å². The van der Waals surface area contributed by atoms with Crippen LogP contribution in [0.3, 0.4) is 0 Å². The number of carbonyl (C=O) groups excluding carboxylic acids is 1. The van der Waals surface area contributed by atoms with Crippen LogP contribution >= 0.6 is 0 Å². The van der Waals surface area contributed by atoms with Crippen molar-refractivity contribution in [1.29, 1.82) is 0 Å². The minimum atomic E-state index is -0.868. The third kappa shape index (κ3) is 3.45. The third-order valence-electron chi connectivity index (χ3n) is 3.69. The van der Waals surface area contributed by atoms with Gasteiger partial charge in [-0.2, -0.15) is 0 Å². The van der Waals surface area contributed by atoms with Gasteiger partial charge in [-0.25, -0.2) is 4.79 Å². The summed E-state index contributed by atoms with van der Waals surface area (Å²) >= 11 is 0. The van der Waals surface area contributed by atoms with E-state index in [1.807, 2.05) is 0 Å². The van der Waals surface area contributed by atoms with Crippen LogP contribution < -0.4 is 5.32 Å². The van der Waals surface area contributed by atoms with Crippen molar-refractivity contribution in [2.24, 2.45) is 0 Å². The molecular weight excluding hydrogens is 310 g/mol. The summed E-state index contributed by atoms with van der Waals surface area (Å²) in [6, 6.07) is 5.26. The molecule has 0 saturated heterocycles. The molecule has 0 radical (unpaired) electrons. The van der Waals surface area contributed by atoms with Gasteiger partial charge in [-0.3, -0.25) is 15.1 Å². The molecule has 24 heavy (non-hydrogen) atoms. The van der Waals surface area contributed by atoms with Crippen LogP contribution in [0.5, 0.6) is 0 Å². The minimum absolute atomic E-state index is 0.0885. The average molecular weight is 331 g/mol. The highest BCUT2D eigenvalue weighted by atomic mass is 16.6. The molecule has 1 aliphatic heterocycles. The summed E-state index contributed by atoms with van der Waals surface area (Å²) in [5.41, 5.74) is 2.25. The number of nitrogens with one attached hydrogen (secondary N) is 1. The Bertz CT molecular complexity index is 750. The summed E-state index contributed by atoms with van der Waals surface area (Å²) in [5, 5.41) is 14.6. The number of dihydropyridines is 1. The van der Waals surface area contributed by atoms with E-state index < -0.39 is 16.8 Å². The van der Waals surface area contributed by atoms with Crippen LogP contribution in [0.25, 0.3) is 0 Å². The van der Waals surface area contributed by atoms with Crippen molar-refractivity contribution in [2.75, 3.05) is 0 Å². The Morgan fingerprint density at radius 2 is 1.96 bits per heavy atom. The van der Waals surface area contributed by atoms with Gasteiger partial charge in [0.05, 0.1) is 28.0 Å². The van der Waals surface area contributed by atoms with E-state index in [0.29, 0.717) is 17.1 Å². The molecule has 0 aromatic carbocycles. The van der Waals surface area contributed by atoms with Gasteiger partial charge in [-0.1, -0.05) is 6.07 Å². The molecule has 1 N–H and O–H groups in total. The molecule has 0 aliphatic carbocycles. The maximum absolute atomic E-state index is 12.6. The number of aryl methyl sites for hydroxylation is 1. The quantitative estimate of drug-likeness (QED) is 0.518. The summed E-state index contributed by atoms with van der Waals surface area (Å²) in [5.74, 6) is -1.44. The highest BCUT2D eigenvalue weighted by Gasteiger charge is 2.41. The van der Waals surface area contributed by atoms with Gasteiger partial charge >= 0.3 is 5.97 Å².